The normalized spacial score (nSPS) is 23.3. The number of allylic oxidation sites excluding steroid dienone is 2. The molecule has 0 aromatic heterocycles. The van der Waals surface area contributed by atoms with Gasteiger partial charge in [-0.1, -0.05) is 56.3 Å². The van der Waals surface area contributed by atoms with Crippen molar-refractivity contribution >= 4 is 17.3 Å². The first-order chi connectivity index (χ1) is 12.6. The molecule has 0 fully saturated rings. The predicted octanol–water partition coefficient (Wildman–Crippen LogP) is 5.50. The van der Waals surface area contributed by atoms with Gasteiger partial charge in [-0.15, -0.1) is 0 Å². The third-order valence-corrected chi connectivity index (χ3v) is 5.40. The Labute approximate surface area is 155 Å². The van der Waals surface area contributed by atoms with Gasteiger partial charge in [0, 0.05) is 23.7 Å². The summed E-state index contributed by atoms with van der Waals surface area (Å²) in [4.78, 5) is 12.1. The van der Waals surface area contributed by atoms with E-state index in [4.69, 9.17) is 0 Å². The molecule has 1 aliphatic heterocycles. The van der Waals surface area contributed by atoms with E-state index in [9.17, 15) is 4.79 Å². The Bertz CT molecular complexity index is 825. The Balaban J connectivity index is 1.62. The van der Waals surface area contributed by atoms with Gasteiger partial charge in [0.25, 0.3) is 0 Å². The van der Waals surface area contributed by atoms with Crippen molar-refractivity contribution in [2.45, 2.75) is 38.6 Å². The Hall–Kier alpha value is -2.55. The number of fused-ring (bicyclic) bond motifs is 3. The van der Waals surface area contributed by atoms with Crippen LogP contribution in [-0.4, -0.2) is 5.91 Å². The predicted molar refractivity (Wildman–Crippen MR) is 107 cm³/mol. The molecule has 3 unspecified atom stereocenters. The molecule has 0 spiro atoms. The van der Waals surface area contributed by atoms with E-state index >= 15 is 0 Å². The van der Waals surface area contributed by atoms with Crippen molar-refractivity contribution in [1.29, 1.82) is 0 Å². The minimum atomic E-state index is 0.0874. The Kier molecular flexibility index (Phi) is 4.54. The summed E-state index contributed by atoms with van der Waals surface area (Å²) in [7, 11) is 0. The van der Waals surface area contributed by atoms with Crippen LogP contribution in [0.25, 0.3) is 0 Å². The third kappa shape index (κ3) is 3.26. The van der Waals surface area contributed by atoms with Crippen molar-refractivity contribution in [1.82, 2.24) is 0 Å². The number of carbonyl (C=O) groups excluding carboxylic acids is 1. The molecule has 3 nitrogen and oxygen atoms in total. The SMILES string of the molecule is CC(C)CC(=O)Nc1ccc2c(c1)C1C=CCC1C(c1ccccc1)N2. The summed E-state index contributed by atoms with van der Waals surface area (Å²) in [6.07, 6.45) is 6.27. The van der Waals surface area contributed by atoms with Crippen LogP contribution in [0.2, 0.25) is 0 Å². The van der Waals surface area contributed by atoms with Crippen LogP contribution in [0.1, 0.15) is 49.8 Å². The molecular formula is C23H26N2O. The first-order valence-corrected chi connectivity index (χ1v) is 9.54. The summed E-state index contributed by atoms with van der Waals surface area (Å²) in [6, 6.07) is 17.3. The zero-order valence-corrected chi connectivity index (χ0v) is 15.4. The zero-order valence-electron chi connectivity index (χ0n) is 15.4. The molecular weight excluding hydrogens is 320 g/mol. The van der Waals surface area contributed by atoms with Gasteiger partial charge in [0.15, 0.2) is 0 Å². The van der Waals surface area contributed by atoms with E-state index in [1.54, 1.807) is 0 Å². The molecule has 2 aromatic carbocycles. The molecule has 1 heterocycles. The van der Waals surface area contributed by atoms with Crippen LogP contribution in [0.15, 0.2) is 60.7 Å². The summed E-state index contributed by atoms with van der Waals surface area (Å²) in [5, 5.41) is 6.80. The highest BCUT2D eigenvalue weighted by Gasteiger charge is 2.37. The maximum atomic E-state index is 12.1. The summed E-state index contributed by atoms with van der Waals surface area (Å²) in [5.41, 5.74) is 4.70. The van der Waals surface area contributed by atoms with Crippen molar-refractivity contribution in [2.24, 2.45) is 11.8 Å². The molecule has 0 saturated carbocycles. The summed E-state index contributed by atoms with van der Waals surface area (Å²) in [6.45, 7) is 4.13. The monoisotopic (exact) mass is 346 g/mol. The molecule has 0 radical (unpaired) electrons. The second-order valence-electron chi connectivity index (χ2n) is 7.83. The lowest BCUT2D eigenvalue weighted by atomic mass is 9.77. The first-order valence-electron chi connectivity index (χ1n) is 9.54. The average molecular weight is 346 g/mol. The average Bonchev–Trinajstić information content (AvgIpc) is 3.11. The van der Waals surface area contributed by atoms with Gasteiger partial charge in [-0.2, -0.15) is 0 Å². The maximum Gasteiger partial charge on any atom is 0.224 e. The van der Waals surface area contributed by atoms with E-state index in [1.807, 2.05) is 6.07 Å². The second kappa shape index (κ2) is 6.99. The van der Waals surface area contributed by atoms with E-state index in [2.05, 4.69) is 79.1 Å². The standard InChI is InChI=1S/C23H26N2O/c1-15(2)13-22(26)24-17-11-12-21-20(14-17)18-9-6-10-19(18)23(25-21)16-7-4-3-5-8-16/h3-9,11-12,14-15,18-19,23,25H,10,13H2,1-2H3,(H,24,26). The lowest BCUT2D eigenvalue weighted by molar-refractivity contribution is -0.116. The van der Waals surface area contributed by atoms with Crippen molar-refractivity contribution in [3.63, 3.8) is 0 Å². The van der Waals surface area contributed by atoms with E-state index in [1.165, 1.54) is 16.8 Å². The van der Waals surface area contributed by atoms with Crippen LogP contribution in [-0.2, 0) is 4.79 Å². The van der Waals surface area contributed by atoms with Crippen LogP contribution in [0.3, 0.4) is 0 Å². The minimum Gasteiger partial charge on any atom is -0.378 e. The van der Waals surface area contributed by atoms with E-state index in [0.29, 0.717) is 30.2 Å². The number of benzene rings is 2. The highest BCUT2D eigenvalue weighted by Crippen LogP contribution is 2.50. The van der Waals surface area contributed by atoms with Gasteiger partial charge in [-0.05, 0) is 47.6 Å². The topological polar surface area (TPSA) is 41.1 Å². The van der Waals surface area contributed by atoms with Crippen LogP contribution in [0, 0.1) is 11.8 Å². The van der Waals surface area contributed by atoms with Gasteiger partial charge in [0.1, 0.15) is 0 Å². The summed E-state index contributed by atoms with van der Waals surface area (Å²) >= 11 is 0. The van der Waals surface area contributed by atoms with Crippen LogP contribution in [0.5, 0.6) is 0 Å². The first kappa shape index (κ1) is 16.9. The summed E-state index contributed by atoms with van der Waals surface area (Å²) < 4.78 is 0. The van der Waals surface area contributed by atoms with E-state index in [0.717, 1.165) is 12.1 Å². The molecule has 2 aromatic rings. The lowest BCUT2D eigenvalue weighted by Crippen LogP contribution is -2.29. The molecule has 1 amide bonds. The van der Waals surface area contributed by atoms with E-state index < -0.39 is 0 Å². The summed E-state index contributed by atoms with van der Waals surface area (Å²) in [5.74, 6) is 1.37. The largest absolute Gasteiger partial charge is 0.378 e. The Morgan fingerprint density at radius 1 is 1.19 bits per heavy atom. The minimum absolute atomic E-state index is 0.0874. The number of hydrogen-bond acceptors (Lipinski definition) is 2. The number of nitrogens with one attached hydrogen (secondary N) is 2. The van der Waals surface area contributed by atoms with Crippen LogP contribution < -0.4 is 10.6 Å². The fraction of sp³-hybridized carbons (Fsp3) is 0.348. The fourth-order valence-corrected chi connectivity index (χ4v) is 4.25. The van der Waals surface area contributed by atoms with Crippen molar-refractivity contribution < 1.29 is 4.79 Å². The second-order valence-corrected chi connectivity index (χ2v) is 7.83. The number of rotatable bonds is 4. The van der Waals surface area contributed by atoms with Gasteiger partial charge in [0.2, 0.25) is 5.91 Å². The highest BCUT2D eigenvalue weighted by atomic mass is 16.1. The molecule has 0 bridgehead atoms. The molecule has 0 saturated heterocycles. The van der Waals surface area contributed by atoms with Crippen molar-refractivity contribution in [3.05, 3.63) is 71.8 Å². The van der Waals surface area contributed by atoms with Gasteiger partial charge in [-0.25, -0.2) is 0 Å². The molecule has 3 atom stereocenters. The maximum absolute atomic E-state index is 12.1. The lowest BCUT2D eigenvalue weighted by Gasteiger charge is -2.37. The molecule has 1 aliphatic carbocycles. The zero-order chi connectivity index (χ0) is 18.1. The van der Waals surface area contributed by atoms with Crippen LogP contribution >= 0.6 is 0 Å². The number of hydrogen-bond donors (Lipinski definition) is 2. The number of carbonyl (C=O) groups is 1. The number of anilines is 2. The molecule has 4 rings (SSSR count). The molecule has 134 valence electrons. The third-order valence-electron chi connectivity index (χ3n) is 5.40. The molecule has 2 N–H and O–H groups in total. The van der Waals surface area contributed by atoms with Gasteiger partial charge in [0.05, 0.1) is 6.04 Å². The molecule has 3 heteroatoms. The molecule has 26 heavy (non-hydrogen) atoms. The van der Waals surface area contributed by atoms with E-state index in [-0.39, 0.29) is 5.91 Å². The fourth-order valence-electron chi connectivity index (χ4n) is 4.25. The van der Waals surface area contributed by atoms with Crippen molar-refractivity contribution in [2.75, 3.05) is 10.6 Å². The van der Waals surface area contributed by atoms with Gasteiger partial charge >= 0.3 is 0 Å². The highest BCUT2D eigenvalue weighted by molar-refractivity contribution is 5.91. The number of amides is 1. The van der Waals surface area contributed by atoms with Gasteiger partial charge in [-0.3, -0.25) is 4.79 Å². The quantitative estimate of drug-likeness (QED) is 0.718. The Morgan fingerprint density at radius 3 is 2.77 bits per heavy atom. The Morgan fingerprint density at radius 2 is 2.00 bits per heavy atom. The molecule has 2 aliphatic rings. The van der Waals surface area contributed by atoms with Crippen LogP contribution in [0.4, 0.5) is 11.4 Å². The smallest absolute Gasteiger partial charge is 0.224 e. The van der Waals surface area contributed by atoms with Crippen molar-refractivity contribution in [3.8, 4) is 0 Å². The van der Waals surface area contributed by atoms with Gasteiger partial charge < -0.3 is 10.6 Å².